The van der Waals surface area contributed by atoms with Crippen molar-refractivity contribution >= 4 is 27.5 Å². The maximum atomic E-state index is 6.21. The molecule has 0 heterocycles. The molecule has 0 bridgehead atoms. The third kappa shape index (κ3) is 3.72. The molecule has 0 aliphatic rings. The number of hydrogen-bond acceptors (Lipinski definition) is 2. The molecule has 1 atom stereocenters. The Hall–Kier alpha value is -1.03. The first-order valence-electron chi connectivity index (χ1n) is 5.93. The number of rotatable bonds is 4. The van der Waals surface area contributed by atoms with E-state index >= 15 is 0 Å². The van der Waals surface area contributed by atoms with Gasteiger partial charge in [0.1, 0.15) is 5.75 Å². The summed E-state index contributed by atoms with van der Waals surface area (Å²) in [7, 11) is 1.65. The molecule has 0 aromatic heterocycles. The average molecular weight is 341 g/mol. The molecule has 2 aromatic carbocycles. The first kappa shape index (κ1) is 14.4. The molecule has 0 fully saturated rings. The highest BCUT2D eigenvalue weighted by Gasteiger charge is 2.09. The van der Waals surface area contributed by atoms with E-state index in [0.29, 0.717) is 5.02 Å². The average Bonchev–Trinajstić information content (AvgIpc) is 2.39. The maximum absolute atomic E-state index is 6.21. The fraction of sp³-hybridized carbons (Fsp3) is 0.200. The van der Waals surface area contributed by atoms with Crippen LogP contribution >= 0.6 is 27.5 Å². The fourth-order valence-electron chi connectivity index (χ4n) is 1.95. The predicted molar refractivity (Wildman–Crippen MR) is 82.8 cm³/mol. The lowest BCUT2D eigenvalue weighted by Crippen LogP contribution is -2.13. The Morgan fingerprint density at radius 1 is 1.26 bits per heavy atom. The first-order valence-corrected chi connectivity index (χ1v) is 7.10. The molecule has 19 heavy (non-hydrogen) atoms. The van der Waals surface area contributed by atoms with Crippen LogP contribution in [0.4, 0.5) is 0 Å². The normalized spacial score (nSPS) is 12.2. The predicted octanol–water partition coefficient (Wildman–Crippen LogP) is 4.35. The minimum absolute atomic E-state index is 0.0704. The van der Waals surface area contributed by atoms with Crippen molar-refractivity contribution in [2.45, 2.75) is 12.5 Å². The van der Waals surface area contributed by atoms with Crippen molar-refractivity contribution in [2.24, 2.45) is 5.73 Å². The van der Waals surface area contributed by atoms with Crippen LogP contribution < -0.4 is 10.5 Å². The van der Waals surface area contributed by atoms with E-state index < -0.39 is 0 Å². The minimum Gasteiger partial charge on any atom is -0.496 e. The van der Waals surface area contributed by atoms with E-state index in [0.717, 1.165) is 27.8 Å². The summed E-state index contributed by atoms with van der Waals surface area (Å²) < 4.78 is 6.15. The molecule has 0 saturated heterocycles. The second-order valence-electron chi connectivity index (χ2n) is 4.33. The van der Waals surface area contributed by atoms with Crippen LogP contribution in [-0.4, -0.2) is 7.11 Å². The SMILES string of the molecule is COc1ccc(CC(N)c2cccc(Cl)c2)cc1Br. The van der Waals surface area contributed by atoms with Crippen molar-refractivity contribution < 1.29 is 4.74 Å². The number of halogens is 2. The van der Waals surface area contributed by atoms with Crippen molar-refractivity contribution in [1.82, 2.24) is 0 Å². The lowest BCUT2D eigenvalue weighted by atomic mass is 10.00. The van der Waals surface area contributed by atoms with E-state index in [2.05, 4.69) is 15.9 Å². The summed E-state index contributed by atoms with van der Waals surface area (Å²) in [5, 5.41) is 0.712. The molecule has 0 aliphatic heterocycles. The van der Waals surface area contributed by atoms with Crippen molar-refractivity contribution in [1.29, 1.82) is 0 Å². The molecule has 2 aromatic rings. The van der Waals surface area contributed by atoms with Crippen LogP contribution in [0.15, 0.2) is 46.9 Å². The van der Waals surface area contributed by atoms with Gasteiger partial charge in [-0.3, -0.25) is 0 Å². The molecule has 4 heteroatoms. The van der Waals surface area contributed by atoms with Crippen LogP contribution in [0.2, 0.25) is 5.02 Å². The largest absolute Gasteiger partial charge is 0.496 e. The highest BCUT2D eigenvalue weighted by molar-refractivity contribution is 9.10. The molecule has 0 amide bonds. The molecule has 2 nitrogen and oxygen atoms in total. The Morgan fingerprint density at radius 2 is 2.05 bits per heavy atom. The molecular formula is C15H15BrClNO. The zero-order valence-electron chi connectivity index (χ0n) is 10.6. The Kier molecular flexibility index (Phi) is 4.86. The van der Waals surface area contributed by atoms with Gasteiger partial charge in [-0.15, -0.1) is 0 Å². The van der Waals surface area contributed by atoms with E-state index in [1.807, 2.05) is 42.5 Å². The first-order chi connectivity index (χ1) is 9.10. The third-order valence-corrected chi connectivity index (χ3v) is 3.80. The van der Waals surface area contributed by atoms with E-state index in [-0.39, 0.29) is 6.04 Å². The fourth-order valence-corrected chi connectivity index (χ4v) is 2.73. The summed E-state index contributed by atoms with van der Waals surface area (Å²) in [6.07, 6.45) is 0.753. The van der Waals surface area contributed by atoms with Crippen molar-refractivity contribution in [3.8, 4) is 5.75 Å². The quantitative estimate of drug-likeness (QED) is 0.898. The van der Waals surface area contributed by atoms with Gasteiger partial charge in [-0.1, -0.05) is 29.8 Å². The third-order valence-electron chi connectivity index (χ3n) is 2.95. The maximum Gasteiger partial charge on any atom is 0.133 e. The Morgan fingerprint density at radius 3 is 2.68 bits per heavy atom. The molecule has 100 valence electrons. The zero-order valence-corrected chi connectivity index (χ0v) is 12.9. The second-order valence-corrected chi connectivity index (χ2v) is 5.63. The summed E-state index contributed by atoms with van der Waals surface area (Å²) >= 11 is 9.46. The van der Waals surface area contributed by atoms with E-state index in [4.69, 9.17) is 22.1 Å². The van der Waals surface area contributed by atoms with Gasteiger partial charge in [0, 0.05) is 11.1 Å². The van der Waals surface area contributed by atoms with Crippen molar-refractivity contribution in [3.63, 3.8) is 0 Å². The van der Waals surface area contributed by atoms with Crippen LogP contribution in [0.3, 0.4) is 0 Å². The summed E-state index contributed by atoms with van der Waals surface area (Å²) in [5.74, 6) is 0.820. The zero-order chi connectivity index (χ0) is 13.8. The van der Waals surface area contributed by atoms with Gasteiger partial charge in [-0.2, -0.15) is 0 Å². The van der Waals surface area contributed by atoms with E-state index in [1.165, 1.54) is 0 Å². The van der Waals surface area contributed by atoms with Gasteiger partial charge < -0.3 is 10.5 Å². The van der Waals surface area contributed by atoms with Crippen LogP contribution in [0.5, 0.6) is 5.75 Å². The smallest absolute Gasteiger partial charge is 0.133 e. The second kappa shape index (κ2) is 6.42. The summed E-state index contributed by atoms with van der Waals surface area (Å²) in [6, 6.07) is 13.6. The van der Waals surface area contributed by atoms with Gasteiger partial charge in [0.15, 0.2) is 0 Å². The number of hydrogen-bond donors (Lipinski definition) is 1. The lowest BCUT2D eigenvalue weighted by molar-refractivity contribution is 0.412. The van der Waals surface area contributed by atoms with Crippen LogP contribution in [0.1, 0.15) is 17.2 Å². The Balaban J connectivity index is 2.14. The molecule has 2 N–H and O–H groups in total. The highest BCUT2D eigenvalue weighted by atomic mass is 79.9. The standard InChI is InChI=1S/C15H15BrClNO/c1-19-15-6-5-10(7-13(15)16)8-14(18)11-3-2-4-12(17)9-11/h2-7,9,14H,8,18H2,1H3. The van der Waals surface area contributed by atoms with Crippen LogP contribution in [0.25, 0.3) is 0 Å². The molecule has 1 unspecified atom stereocenters. The van der Waals surface area contributed by atoms with Gasteiger partial charge in [-0.25, -0.2) is 0 Å². The topological polar surface area (TPSA) is 35.2 Å². The van der Waals surface area contributed by atoms with E-state index in [9.17, 15) is 0 Å². The number of methoxy groups -OCH3 is 1. The molecular weight excluding hydrogens is 326 g/mol. The van der Waals surface area contributed by atoms with Crippen LogP contribution in [0, 0.1) is 0 Å². The molecule has 0 aliphatic carbocycles. The van der Waals surface area contributed by atoms with Gasteiger partial charge in [0.05, 0.1) is 11.6 Å². The summed E-state index contributed by atoms with van der Waals surface area (Å²) in [4.78, 5) is 0. The molecule has 0 spiro atoms. The Bertz CT molecular complexity index is 574. The van der Waals surface area contributed by atoms with Crippen molar-refractivity contribution in [3.05, 3.63) is 63.1 Å². The number of ether oxygens (including phenoxy) is 1. The number of benzene rings is 2. The summed E-state index contributed by atoms with van der Waals surface area (Å²) in [6.45, 7) is 0. The van der Waals surface area contributed by atoms with Crippen LogP contribution in [-0.2, 0) is 6.42 Å². The van der Waals surface area contributed by atoms with Gasteiger partial charge >= 0.3 is 0 Å². The van der Waals surface area contributed by atoms with Gasteiger partial charge in [0.25, 0.3) is 0 Å². The number of nitrogens with two attached hydrogens (primary N) is 1. The van der Waals surface area contributed by atoms with Gasteiger partial charge in [-0.05, 0) is 57.7 Å². The highest BCUT2D eigenvalue weighted by Crippen LogP contribution is 2.27. The Labute approximate surface area is 126 Å². The van der Waals surface area contributed by atoms with Crippen molar-refractivity contribution in [2.75, 3.05) is 7.11 Å². The monoisotopic (exact) mass is 339 g/mol. The van der Waals surface area contributed by atoms with Gasteiger partial charge in [0.2, 0.25) is 0 Å². The molecule has 0 radical (unpaired) electrons. The van der Waals surface area contributed by atoms with E-state index in [1.54, 1.807) is 7.11 Å². The minimum atomic E-state index is -0.0704. The molecule has 2 rings (SSSR count). The molecule has 0 saturated carbocycles. The summed E-state index contributed by atoms with van der Waals surface area (Å²) in [5.41, 5.74) is 8.41. The lowest BCUT2D eigenvalue weighted by Gasteiger charge is -2.13.